The Labute approximate surface area is 213 Å². The molecule has 0 saturated carbocycles. The van der Waals surface area contributed by atoms with Crippen molar-refractivity contribution in [3.8, 4) is 0 Å². The second kappa shape index (κ2) is 14.8. The predicted molar refractivity (Wildman–Crippen MR) is 141 cm³/mol. The first-order valence-electron chi connectivity index (χ1n) is 11.4. The van der Waals surface area contributed by atoms with Crippen molar-refractivity contribution in [2.45, 2.75) is 44.6 Å². The van der Waals surface area contributed by atoms with E-state index in [0.717, 1.165) is 63.5 Å². The number of nitrogens with two attached hydrogens (primary N) is 1. The first-order valence-corrected chi connectivity index (χ1v) is 14.1. The molecule has 0 aromatic heterocycles. The van der Waals surface area contributed by atoms with Crippen LogP contribution in [0.15, 0.2) is 36.4 Å². The summed E-state index contributed by atoms with van der Waals surface area (Å²) < 4.78 is 30.6. The molecule has 190 valence electrons. The molecule has 0 fully saturated rings. The molecule has 2 aromatic rings. The van der Waals surface area contributed by atoms with Crippen molar-refractivity contribution in [2.75, 3.05) is 43.0 Å². The minimum atomic E-state index is -3.24. The number of sulfonamides is 1. The molecule has 7 nitrogen and oxygen atoms in total. The number of aliphatic hydroxyl groups is 1. The standard InChI is InChI=1S/C24H35Cl2N3O4S/c1-34(31,32)29-20-10-8-18(9-11-20)7-6-14-33-13-5-3-2-4-12-28-17-23(30)19-15-21(25)24(27)22(26)16-19/h8-11,15-16,23,28-30H,2-7,12-14,17,27H2,1H3. The summed E-state index contributed by atoms with van der Waals surface area (Å²) in [6.45, 7) is 2.72. The molecule has 1 unspecified atom stereocenters. The Kier molecular flexibility index (Phi) is 12.5. The molecule has 0 radical (unpaired) electrons. The number of hydrogen-bond donors (Lipinski definition) is 4. The third kappa shape index (κ3) is 11.3. The van der Waals surface area contributed by atoms with Gasteiger partial charge in [-0.15, -0.1) is 0 Å². The Morgan fingerprint density at radius 1 is 1.00 bits per heavy atom. The van der Waals surface area contributed by atoms with Gasteiger partial charge < -0.3 is 20.9 Å². The lowest BCUT2D eigenvalue weighted by molar-refractivity contribution is 0.127. The van der Waals surface area contributed by atoms with Gasteiger partial charge >= 0.3 is 0 Å². The summed E-state index contributed by atoms with van der Waals surface area (Å²) in [6, 6.07) is 10.7. The Morgan fingerprint density at radius 3 is 2.26 bits per heavy atom. The van der Waals surface area contributed by atoms with Crippen molar-refractivity contribution >= 4 is 44.6 Å². The van der Waals surface area contributed by atoms with Gasteiger partial charge in [0.25, 0.3) is 0 Å². The molecule has 5 N–H and O–H groups in total. The van der Waals surface area contributed by atoms with Gasteiger partial charge in [0.1, 0.15) is 0 Å². The van der Waals surface area contributed by atoms with Gasteiger partial charge in [-0.25, -0.2) is 8.42 Å². The van der Waals surface area contributed by atoms with E-state index in [4.69, 9.17) is 33.7 Å². The zero-order chi connectivity index (χ0) is 25.0. The molecule has 0 aliphatic rings. The smallest absolute Gasteiger partial charge is 0.229 e. The molecule has 0 heterocycles. The van der Waals surface area contributed by atoms with Crippen LogP contribution < -0.4 is 15.8 Å². The van der Waals surface area contributed by atoms with Crippen LogP contribution >= 0.6 is 23.2 Å². The molecule has 0 saturated heterocycles. The number of aliphatic hydroxyl groups excluding tert-OH is 1. The summed E-state index contributed by atoms with van der Waals surface area (Å²) in [5.41, 5.74) is 8.43. The van der Waals surface area contributed by atoms with Gasteiger partial charge in [0, 0.05) is 25.4 Å². The van der Waals surface area contributed by atoms with Crippen LogP contribution in [-0.4, -0.2) is 46.1 Å². The van der Waals surface area contributed by atoms with Crippen molar-refractivity contribution in [3.05, 3.63) is 57.6 Å². The number of hydrogen-bond acceptors (Lipinski definition) is 6. The fourth-order valence-electron chi connectivity index (χ4n) is 3.39. The monoisotopic (exact) mass is 531 g/mol. The van der Waals surface area contributed by atoms with Gasteiger partial charge in [0.2, 0.25) is 10.0 Å². The van der Waals surface area contributed by atoms with Gasteiger partial charge in [-0.3, -0.25) is 4.72 Å². The van der Waals surface area contributed by atoms with Gasteiger partial charge in [-0.1, -0.05) is 48.2 Å². The predicted octanol–water partition coefficient (Wildman–Crippen LogP) is 4.78. The quantitative estimate of drug-likeness (QED) is 0.183. The van der Waals surface area contributed by atoms with Crippen LogP contribution in [0.5, 0.6) is 0 Å². The van der Waals surface area contributed by atoms with Crippen LogP contribution in [0, 0.1) is 0 Å². The van der Waals surface area contributed by atoms with E-state index in [1.54, 1.807) is 24.3 Å². The molecule has 2 aromatic carbocycles. The summed E-state index contributed by atoms with van der Waals surface area (Å²) in [4.78, 5) is 0. The Bertz CT molecular complexity index is 965. The number of rotatable bonds is 16. The van der Waals surface area contributed by atoms with Crippen LogP contribution in [0.25, 0.3) is 0 Å². The number of benzene rings is 2. The molecule has 0 bridgehead atoms. The summed E-state index contributed by atoms with van der Waals surface area (Å²) in [5, 5.41) is 14.2. The second-order valence-corrected chi connectivity index (χ2v) is 10.9. The number of aryl methyl sites for hydroxylation is 1. The zero-order valence-electron chi connectivity index (χ0n) is 19.5. The molecule has 0 amide bonds. The van der Waals surface area contributed by atoms with Crippen LogP contribution in [0.4, 0.5) is 11.4 Å². The highest BCUT2D eigenvalue weighted by molar-refractivity contribution is 7.92. The molecule has 34 heavy (non-hydrogen) atoms. The molecule has 10 heteroatoms. The van der Waals surface area contributed by atoms with E-state index in [0.29, 0.717) is 40.1 Å². The van der Waals surface area contributed by atoms with Crippen molar-refractivity contribution in [2.24, 2.45) is 0 Å². The van der Waals surface area contributed by atoms with Crippen molar-refractivity contribution in [1.82, 2.24) is 5.32 Å². The maximum atomic E-state index is 11.2. The minimum absolute atomic E-state index is 0.326. The Morgan fingerprint density at radius 2 is 1.62 bits per heavy atom. The highest BCUT2D eigenvalue weighted by atomic mass is 35.5. The number of anilines is 2. The molecule has 0 aliphatic heterocycles. The van der Waals surface area contributed by atoms with Crippen molar-refractivity contribution in [3.63, 3.8) is 0 Å². The molecule has 0 spiro atoms. The van der Waals surface area contributed by atoms with Gasteiger partial charge in [0.05, 0.1) is 28.1 Å². The van der Waals surface area contributed by atoms with Crippen LogP contribution in [-0.2, 0) is 21.2 Å². The number of ether oxygens (including phenoxy) is 1. The molecule has 2 rings (SSSR count). The lowest BCUT2D eigenvalue weighted by atomic mass is 10.1. The third-order valence-corrected chi connectivity index (χ3v) is 6.46. The number of nitrogen functional groups attached to an aromatic ring is 1. The number of nitrogens with one attached hydrogen (secondary N) is 2. The molecule has 0 aliphatic carbocycles. The van der Waals surface area contributed by atoms with E-state index >= 15 is 0 Å². The molecule has 1 atom stereocenters. The van der Waals surface area contributed by atoms with Gasteiger partial charge in [-0.2, -0.15) is 0 Å². The van der Waals surface area contributed by atoms with E-state index in [9.17, 15) is 13.5 Å². The molecular weight excluding hydrogens is 497 g/mol. The van der Waals surface area contributed by atoms with Crippen LogP contribution in [0.1, 0.15) is 49.3 Å². The van der Waals surface area contributed by atoms with Crippen molar-refractivity contribution in [1.29, 1.82) is 0 Å². The lowest BCUT2D eigenvalue weighted by Crippen LogP contribution is -2.22. The van der Waals surface area contributed by atoms with E-state index in [1.807, 2.05) is 12.1 Å². The average Bonchev–Trinajstić information content (AvgIpc) is 2.77. The minimum Gasteiger partial charge on any atom is -0.396 e. The largest absolute Gasteiger partial charge is 0.396 e. The molecular formula is C24H35Cl2N3O4S. The first kappa shape index (κ1) is 28.7. The zero-order valence-corrected chi connectivity index (χ0v) is 21.9. The summed E-state index contributed by atoms with van der Waals surface area (Å²) in [7, 11) is -3.24. The lowest BCUT2D eigenvalue weighted by Gasteiger charge is -2.14. The number of unbranched alkanes of at least 4 members (excludes halogenated alkanes) is 3. The van der Waals surface area contributed by atoms with E-state index in [2.05, 4.69) is 10.0 Å². The fraction of sp³-hybridized carbons (Fsp3) is 0.500. The summed E-state index contributed by atoms with van der Waals surface area (Å²) in [5.74, 6) is 0. The van der Waals surface area contributed by atoms with Gasteiger partial charge in [0.15, 0.2) is 0 Å². The Hall–Kier alpha value is -1.55. The third-order valence-electron chi connectivity index (χ3n) is 5.23. The maximum absolute atomic E-state index is 11.2. The van der Waals surface area contributed by atoms with Crippen LogP contribution in [0.3, 0.4) is 0 Å². The normalized spacial score (nSPS) is 12.6. The highest BCUT2D eigenvalue weighted by Gasteiger charge is 2.12. The van der Waals surface area contributed by atoms with Crippen molar-refractivity contribution < 1.29 is 18.3 Å². The second-order valence-electron chi connectivity index (χ2n) is 8.32. The fourth-order valence-corrected chi connectivity index (χ4v) is 4.46. The number of halogens is 2. The SMILES string of the molecule is CS(=O)(=O)Nc1ccc(CCCOCCCCCCNCC(O)c2cc(Cl)c(N)c(Cl)c2)cc1. The topological polar surface area (TPSA) is 114 Å². The van der Waals surface area contributed by atoms with Gasteiger partial charge in [-0.05, 0) is 67.6 Å². The Balaban J connectivity index is 1.44. The summed E-state index contributed by atoms with van der Waals surface area (Å²) in [6.07, 6.45) is 6.52. The van der Waals surface area contributed by atoms with Crippen LogP contribution in [0.2, 0.25) is 10.0 Å². The maximum Gasteiger partial charge on any atom is 0.229 e. The first-order chi connectivity index (χ1) is 16.2. The van der Waals surface area contributed by atoms with E-state index in [-0.39, 0.29) is 0 Å². The average molecular weight is 533 g/mol. The van der Waals surface area contributed by atoms with E-state index < -0.39 is 16.1 Å². The highest BCUT2D eigenvalue weighted by Crippen LogP contribution is 2.31. The summed E-state index contributed by atoms with van der Waals surface area (Å²) >= 11 is 12.0. The van der Waals surface area contributed by atoms with E-state index in [1.165, 1.54) is 0 Å².